The Balaban J connectivity index is 2.48. The van der Waals surface area contributed by atoms with E-state index in [9.17, 15) is 0 Å². The van der Waals surface area contributed by atoms with E-state index in [-0.39, 0.29) is 6.04 Å². The predicted octanol–water partition coefficient (Wildman–Crippen LogP) is 1.60. The number of rotatable bonds is 6. The molecule has 0 amide bonds. The van der Waals surface area contributed by atoms with Crippen molar-refractivity contribution in [2.45, 2.75) is 19.4 Å². The highest BCUT2D eigenvalue weighted by atomic mass is 16.5. The van der Waals surface area contributed by atoms with Crippen LogP contribution in [0.3, 0.4) is 0 Å². The van der Waals surface area contributed by atoms with Gasteiger partial charge in [0.15, 0.2) is 0 Å². The van der Waals surface area contributed by atoms with E-state index in [0.717, 1.165) is 12.2 Å². The van der Waals surface area contributed by atoms with Gasteiger partial charge in [-0.05, 0) is 31.0 Å². The molecule has 3 heteroatoms. The number of ether oxygens (including phenoxy) is 2. The molecular formula is C12H19NO2. The third-order valence-corrected chi connectivity index (χ3v) is 2.17. The second kappa shape index (κ2) is 6.43. The number of nitrogens with two attached hydrogens (primary N) is 1. The molecule has 0 fully saturated rings. The minimum atomic E-state index is 0.0528. The summed E-state index contributed by atoms with van der Waals surface area (Å²) in [5, 5.41) is 0. The van der Waals surface area contributed by atoms with Gasteiger partial charge in [-0.25, -0.2) is 0 Å². The van der Waals surface area contributed by atoms with Crippen molar-refractivity contribution in [1.82, 2.24) is 0 Å². The van der Waals surface area contributed by atoms with E-state index in [1.54, 1.807) is 7.11 Å². The van der Waals surface area contributed by atoms with Crippen molar-refractivity contribution in [2.24, 2.45) is 5.73 Å². The van der Waals surface area contributed by atoms with Crippen LogP contribution in [-0.4, -0.2) is 26.4 Å². The van der Waals surface area contributed by atoms with Crippen LogP contribution in [0, 0.1) is 0 Å². The van der Waals surface area contributed by atoms with Crippen LogP contribution in [0.4, 0.5) is 0 Å². The Labute approximate surface area is 91.2 Å². The summed E-state index contributed by atoms with van der Waals surface area (Å²) in [6.45, 7) is 3.29. The molecule has 1 aromatic carbocycles. The van der Waals surface area contributed by atoms with Crippen LogP contribution in [-0.2, 0) is 11.2 Å². The first-order chi connectivity index (χ1) is 7.26. The maximum atomic E-state index is 5.92. The fourth-order valence-corrected chi connectivity index (χ4v) is 1.43. The molecule has 0 spiro atoms. The van der Waals surface area contributed by atoms with Crippen LogP contribution in [0.5, 0.6) is 5.75 Å². The van der Waals surface area contributed by atoms with Crippen LogP contribution >= 0.6 is 0 Å². The third kappa shape index (κ3) is 4.32. The third-order valence-electron chi connectivity index (χ3n) is 2.17. The summed E-state index contributed by atoms with van der Waals surface area (Å²) in [4.78, 5) is 0. The number of benzene rings is 1. The molecule has 0 heterocycles. The highest BCUT2D eigenvalue weighted by Crippen LogP contribution is 2.13. The smallest absolute Gasteiger partial charge is 0.119 e. The highest BCUT2D eigenvalue weighted by Gasteiger charge is 2.04. The SMILES string of the molecule is CCOCC(N)Cc1cccc(OC)c1. The summed E-state index contributed by atoms with van der Waals surface area (Å²) in [7, 11) is 1.67. The molecular weight excluding hydrogens is 190 g/mol. The molecule has 1 rings (SSSR count). The van der Waals surface area contributed by atoms with Gasteiger partial charge in [-0.3, -0.25) is 0 Å². The lowest BCUT2D eigenvalue weighted by Gasteiger charge is -2.11. The van der Waals surface area contributed by atoms with Crippen molar-refractivity contribution >= 4 is 0 Å². The molecule has 1 unspecified atom stereocenters. The highest BCUT2D eigenvalue weighted by molar-refractivity contribution is 5.28. The molecule has 0 radical (unpaired) electrons. The zero-order valence-corrected chi connectivity index (χ0v) is 9.40. The van der Waals surface area contributed by atoms with Crippen LogP contribution in [0.1, 0.15) is 12.5 Å². The first kappa shape index (κ1) is 12.0. The maximum absolute atomic E-state index is 5.92. The van der Waals surface area contributed by atoms with E-state index >= 15 is 0 Å². The van der Waals surface area contributed by atoms with Crippen LogP contribution in [0.15, 0.2) is 24.3 Å². The fourth-order valence-electron chi connectivity index (χ4n) is 1.43. The molecule has 84 valence electrons. The summed E-state index contributed by atoms with van der Waals surface area (Å²) in [5.41, 5.74) is 7.10. The first-order valence-electron chi connectivity index (χ1n) is 5.22. The first-order valence-corrected chi connectivity index (χ1v) is 5.22. The summed E-state index contributed by atoms with van der Waals surface area (Å²) in [5.74, 6) is 0.871. The van der Waals surface area contributed by atoms with Crippen LogP contribution < -0.4 is 10.5 Å². The van der Waals surface area contributed by atoms with E-state index in [4.69, 9.17) is 15.2 Å². The molecule has 15 heavy (non-hydrogen) atoms. The number of hydrogen-bond acceptors (Lipinski definition) is 3. The van der Waals surface area contributed by atoms with Crippen molar-refractivity contribution in [3.8, 4) is 5.75 Å². The van der Waals surface area contributed by atoms with Crippen molar-refractivity contribution in [1.29, 1.82) is 0 Å². The average molecular weight is 209 g/mol. The Morgan fingerprint density at radius 1 is 1.40 bits per heavy atom. The molecule has 0 aliphatic heterocycles. The molecule has 0 saturated carbocycles. The standard InChI is InChI=1S/C12H19NO2/c1-3-15-9-11(13)7-10-5-4-6-12(8-10)14-2/h4-6,8,11H,3,7,9,13H2,1-2H3. The van der Waals surface area contributed by atoms with Crippen molar-refractivity contribution < 1.29 is 9.47 Å². The monoisotopic (exact) mass is 209 g/mol. The van der Waals surface area contributed by atoms with Gasteiger partial charge in [0.2, 0.25) is 0 Å². The van der Waals surface area contributed by atoms with Gasteiger partial charge in [-0.1, -0.05) is 12.1 Å². The quantitative estimate of drug-likeness (QED) is 0.774. The normalized spacial score (nSPS) is 12.5. The topological polar surface area (TPSA) is 44.5 Å². The molecule has 0 aliphatic carbocycles. The molecule has 0 bridgehead atoms. The van der Waals surface area contributed by atoms with Gasteiger partial charge >= 0.3 is 0 Å². The molecule has 1 atom stereocenters. The van der Waals surface area contributed by atoms with Gasteiger partial charge in [0.1, 0.15) is 5.75 Å². The van der Waals surface area contributed by atoms with Crippen molar-refractivity contribution in [3.63, 3.8) is 0 Å². The zero-order valence-electron chi connectivity index (χ0n) is 9.40. The maximum Gasteiger partial charge on any atom is 0.119 e. The zero-order chi connectivity index (χ0) is 11.1. The number of hydrogen-bond donors (Lipinski definition) is 1. The van der Waals surface area contributed by atoms with Gasteiger partial charge in [0, 0.05) is 12.6 Å². The van der Waals surface area contributed by atoms with Crippen LogP contribution in [0.2, 0.25) is 0 Å². The van der Waals surface area contributed by atoms with Gasteiger partial charge in [-0.2, -0.15) is 0 Å². The lowest BCUT2D eigenvalue weighted by atomic mass is 10.1. The average Bonchev–Trinajstić information content (AvgIpc) is 2.26. The van der Waals surface area contributed by atoms with Crippen molar-refractivity contribution in [3.05, 3.63) is 29.8 Å². The Hall–Kier alpha value is -1.06. The fraction of sp³-hybridized carbons (Fsp3) is 0.500. The summed E-state index contributed by atoms with van der Waals surface area (Å²) in [6.07, 6.45) is 0.817. The largest absolute Gasteiger partial charge is 0.497 e. The lowest BCUT2D eigenvalue weighted by Crippen LogP contribution is -2.28. The van der Waals surface area contributed by atoms with Gasteiger partial charge in [0.05, 0.1) is 13.7 Å². The van der Waals surface area contributed by atoms with Gasteiger partial charge in [-0.15, -0.1) is 0 Å². The van der Waals surface area contributed by atoms with E-state index in [1.807, 2.05) is 31.2 Å². The summed E-state index contributed by atoms with van der Waals surface area (Å²) >= 11 is 0. The van der Waals surface area contributed by atoms with Gasteiger partial charge in [0.25, 0.3) is 0 Å². The number of methoxy groups -OCH3 is 1. The van der Waals surface area contributed by atoms with E-state index < -0.39 is 0 Å². The minimum absolute atomic E-state index is 0.0528. The molecule has 0 aliphatic rings. The molecule has 1 aromatic rings. The molecule has 0 saturated heterocycles. The van der Waals surface area contributed by atoms with E-state index in [2.05, 4.69) is 0 Å². The van der Waals surface area contributed by atoms with Gasteiger partial charge < -0.3 is 15.2 Å². The molecule has 3 nitrogen and oxygen atoms in total. The predicted molar refractivity (Wildman–Crippen MR) is 61.2 cm³/mol. The van der Waals surface area contributed by atoms with E-state index in [1.165, 1.54) is 5.56 Å². The minimum Gasteiger partial charge on any atom is -0.497 e. The summed E-state index contributed by atoms with van der Waals surface area (Å²) < 4.78 is 10.4. The second-order valence-electron chi connectivity index (χ2n) is 3.48. The van der Waals surface area contributed by atoms with Crippen LogP contribution in [0.25, 0.3) is 0 Å². The van der Waals surface area contributed by atoms with Crippen molar-refractivity contribution in [2.75, 3.05) is 20.3 Å². The van der Waals surface area contributed by atoms with E-state index in [0.29, 0.717) is 13.2 Å². The second-order valence-corrected chi connectivity index (χ2v) is 3.48. The Kier molecular flexibility index (Phi) is 5.15. The molecule has 2 N–H and O–H groups in total. The Bertz CT molecular complexity index is 289. The Morgan fingerprint density at radius 2 is 2.20 bits per heavy atom. The lowest BCUT2D eigenvalue weighted by molar-refractivity contribution is 0.133. The Morgan fingerprint density at radius 3 is 2.87 bits per heavy atom. The molecule has 0 aromatic heterocycles. The summed E-state index contributed by atoms with van der Waals surface area (Å²) in [6, 6.07) is 8.01.